The predicted molar refractivity (Wildman–Crippen MR) is 122 cm³/mol. The highest BCUT2D eigenvalue weighted by atomic mass is 16.5. The normalized spacial score (nSPS) is 11.4. The summed E-state index contributed by atoms with van der Waals surface area (Å²) in [7, 11) is 1.66. The number of aromatic nitrogens is 1. The van der Waals surface area contributed by atoms with Gasteiger partial charge in [0.1, 0.15) is 11.4 Å². The molecule has 1 heterocycles. The zero-order valence-electron chi connectivity index (χ0n) is 18.1. The summed E-state index contributed by atoms with van der Waals surface area (Å²) >= 11 is 0. The molecular formula is C24H30N4O3. The molecule has 0 radical (unpaired) electrons. The fourth-order valence-corrected chi connectivity index (χ4v) is 2.91. The number of hydrogen-bond acceptors (Lipinski definition) is 5. The van der Waals surface area contributed by atoms with E-state index in [0.29, 0.717) is 13.1 Å². The van der Waals surface area contributed by atoms with Gasteiger partial charge in [0.2, 0.25) is 0 Å². The lowest BCUT2D eigenvalue weighted by Gasteiger charge is -2.12. The van der Waals surface area contributed by atoms with Crippen molar-refractivity contribution >= 4 is 5.96 Å². The fourth-order valence-electron chi connectivity index (χ4n) is 2.91. The molecule has 3 rings (SSSR count). The fraction of sp³-hybridized carbons (Fsp3) is 0.333. The van der Waals surface area contributed by atoms with E-state index in [1.54, 1.807) is 7.11 Å². The second-order valence-electron chi connectivity index (χ2n) is 6.89. The lowest BCUT2D eigenvalue weighted by molar-refractivity contribution is 0.145. The molecule has 164 valence electrons. The van der Waals surface area contributed by atoms with Crippen molar-refractivity contribution in [3.05, 3.63) is 71.9 Å². The number of hydrogen-bond donors (Lipinski definition) is 2. The topological polar surface area (TPSA) is 80.9 Å². The zero-order valence-corrected chi connectivity index (χ0v) is 18.1. The molecule has 0 saturated carbocycles. The van der Waals surface area contributed by atoms with Gasteiger partial charge in [0.25, 0.3) is 0 Å². The Labute approximate surface area is 183 Å². The van der Waals surface area contributed by atoms with E-state index in [1.165, 1.54) is 0 Å². The van der Waals surface area contributed by atoms with Crippen LogP contribution in [0.1, 0.15) is 24.6 Å². The van der Waals surface area contributed by atoms with Crippen molar-refractivity contribution < 1.29 is 14.0 Å². The number of benzene rings is 2. The van der Waals surface area contributed by atoms with Crippen LogP contribution in [0.25, 0.3) is 11.3 Å². The lowest BCUT2D eigenvalue weighted by Crippen LogP contribution is -2.37. The van der Waals surface area contributed by atoms with E-state index >= 15 is 0 Å². The monoisotopic (exact) mass is 422 g/mol. The third kappa shape index (κ3) is 7.46. The van der Waals surface area contributed by atoms with Gasteiger partial charge in [-0.25, -0.2) is 4.99 Å². The first-order valence-electron chi connectivity index (χ1n) is 10.5. The van der Waals surface area contributed by atoms with E-state index < -0.39 is 0 Å². The van der Waals surface area contributed by atoms with Crippen LogP contribution in [-0.2, 0) is 17.8 Å². The van der Waals surface area contributed by atoms with E-state index in [0.717, 1.165) is 60.5 Å². The van der Waals surface area contributed by atoms with Crippen LogP contribution in [0.4, 0.5) is 0 Å². The minimum Gasteiger partial charge on any atom is -0.497 e. The van der Waals surface area contributed by atoms with Gasteiger partial charge < -0.3 is 24.6 Å². The maximum Gasteiger partial charge on any atom is 0.191 e. The van der Waals surface area contributed by atoms with Crippen LogP contribution in [0.5, 0.6) is 5.75 Å². The molecule has 0 saturated heterocycles. The van der Waals surface area contributed by atoms with Gasteiger partial charge in [-0.3, -0.25) is 0 Å². The van der Waals surface area contributed by atoms with Crippen LogP contribution in [0.3, 0.4) is 0 Å². The molecule has 0 unspecified atom stereocenters. The molecule has 7 heteroatoms. The largest absolute Gasteiger partial charge is 0.497 e. The zero-order chi connectivity index (χ0) is 21.7. The molecule has 0 aliphatic heterocycles. The second kappa shape index (κ2) is 12.4. The summed E-state index contributed by atoms with van der Waals surface area (Å²) in [6.07, 6.45) is 0.902. The van der Waals surface area contributed by atoms with Gasteiger partial charge >= 0.3 is 0 Å². The van der Waals surface area contributed by atoms with Crippen molar-refractivity contribution in [2.24, 2.45) is 4.99 Å². The van der Waals surface area contributed by atoms with Crippen LogP contribution in [0.15, 0.2) is 70.2 Å². The molecule has 0 amide bonds. The van der Waals surface area contributed by atoms with E-state index in [-0.39, 0.29) is 0 Å². The molecule has 0 bridgehead atoms. The van der Waals surface area contributed by atoms with Crippen molar-refractivity contribution in [3.8, 4) is 17.1 Å². The number of methoxy groups -OCH3 is 1. The minimum absolute atomic E-state index is 0.510. The van der Waals surface area contributed by atoms with Crippen LogP contribution < -0.4 is 15.4 Å². The second-order valence-corrected chi connectivity index (χ2v) is 6.89. The standard InChI is InChI=1S/C24H30N4O3/c1-3-30-15-7-14-25-24(26-17-19-10-12-22(29-2)13-11-19)27-18-21-16-23(31-28-21)20-8-5-4-6-9-20/h4-6,8-13,16H,3,7,14-15,17-18H2,1-2H3,(H2,25,26,27). The SMILES string of the molecule is CCOCCCNC(=NCc1ccc(OC)cc1)NCc1cc(-c2ccccc2)on1. The lowest BCUT2D eigenvalue weighted by atomic mass is 10.2. The highest BCUT2D eigenvalue weighted by Gasteiger charge is 2.07. The average Bonchev–Trinajstić information content (AvgIpc) is 3.30. The quantitative estimate of drug-likeness (QED) is 0.276. The maximum atomic E-state index is 5.48. The number of nitrogens with one attached hydrogen (secondary N) is 2. The summed E-state index contributed by atoms with van der Waals surface area (Å²) in [5.41, 5.74) is 2.92. The van der Waals surface area contributed by atoms with Crippen molar-refractivity contribution in [2.45, 2.75) is 26.4 Å². The third-order valence-electron chi connectivity index (χ3n) is 4.60. The predicted octanol–water partition coefficient (Wildman–Crippen LogP) is 4.01. The molecule has 0 aliphatic carbocycles. The maximum absolute atomic E-state index is 5.48. The van der Waals surface area contributed by atoms with Crippen molar-refractivity contribution in [1.29, 1.82) is 0 Å². The Morgan fingerprint density at radius 3 is 2.61 bits per heavy atom. The van der Waals surface area contributed by atoms with Gasteiger partial charge in [-0.05, 0) is 31.0 Å². The molecule has 1 aromatic heterocycles. The molecule has 0 fully saturated rings. The molecule has 2 N–H and O–H groups in total. The van der Waals surface area contributed by atoms with Gasteiger partial charge in [0.05, 0.1) is 20.2 Å². The van der Waals surface area contributed by atoms with Crippen molar-refractivity contribution in [2.75, 3.05) is 26.9 Å². The van der Waals surface area contributed by atoms with Gasteiger partial charge in [-0.15, -0.1) is 0 Å². The summed E-state index contributed by atoms with van der Waals surface area (Å²) < 4.78 is 16.1. The van der Waals surface area contributed by atoms with Crippen LogP contribution in [0.2, 0.25) is 0 Å². The van der Waals surface area contributed by atoms with E-state index in [4.69, 9.17) is 19.0 Å². The summed E-state index contributed by atoms with van der Waals surface area (Å²) in [6.45, 7) is 5.28. The average molecular weight is 423 g/mol. The first-order chi connectivity index (χ1) is 15.3. The highest BCUT2D eigenvalue weighted by molar-refractivity contribution is 5.79. The Hall–Kier alpha value is -3.32. The number of ether oxygens (including phenoxy) is 2. The summed E-state index contributed by atoms with van der Waals surface area (Å²) in [4.78, 5) is 4.70. The first kappa shape index (κ1) is 22.4. The molecule has 0 atom stereocenters. The van der Waals surface area contributed by atoms with Gasteiger partial charge in [0, 0.05) is 31.4 Å². The Morgan fingerprint density at radius 1 is 1.06 bits per heavy atom. The smallest absolute Gasteiger partial charge is 0.191 e. The van der Waals surface area contributed by atoms with Crippen LogP contribution in [0, 0.1) is 0 Å². The molecule has 0 aliphatic rings. The minimum atomic E-state index is 0.510. The first-order valence-corrected chi connectivity index (χ1v) is 10.5. The van der Waals surface area contributed by atoms with Gasteiger partial charge in [-0.1, -0.05) is 47.6 Å². The Bertz CT molecular complexity index is 924. The summed E-state index contributed by atoms with van der Waals surface area (Å²) in [5.74, 6) is 2.30. The van der Waals surface area contributed by atoms with E-state index in [1.807, 2.05) is 67.6 Å². The molecular weight excluding hydrogens is 392 g/mol. The summed E-state index contributed by atoms with van der Waals surface area (Å²) in [5, 5.41) is 10.9. The molecule has 3 aromatic rings. The number of aliphatic imine (C=N–C) groups is 1. The van der Waals surface area contributed by atoms with Crippen molar-refractivity contribution in [1.82, 2.24) is 15.8 Å². The van der Waals surface area contributed by atoms with Crippen LogP contribution >= 0.6 is 0 Å². The Balaban J connectivity index is 1.59. The van der Waals surface area contributed by atoms with Crippen LogP contribution in [-0.4, -0.2) is 38.0 Å². The third-order valence-corrected chi connectivity index (χ3v) is 4.60. The van der Waals surface area contributed by atoms with Crippen molar-refractivity contribution in [3.63, 3.8) is 0 Å². The Kier molecular flexibility index (Phi) is 8.94. The highest BCUT2D eigenvalue weighted by Crippen LogP contribution is 2.19. The van der Waals surface area contributed by atoms with Gasteiger partial charge in [-0.2, -0.15) is 0 Å². The van der Waals surface area contributed by atoms with Gasteiger partial charge in [0.15, 0.2) is 11.7 Å². The molecule has 0 spiro atoms. The molecule has 2 aromatic carbocycles. The van der Waals surface area contributed by atoms with E-state index in [2.05, 4.69) is 15.8 Å². The number of rotatable bonds is 11. The molecule has 7 nitrogen and oxygen atoms in total. The Morgan fingerprint density at radius 2 is 1.87 bits per heavy atom. The number of nitrogens with zero attached hydrogens (tertiary/aromatic N) is 2. The summed E-state index contributed by atoms with van der Waals surface area (Å²) in [6, 6.07) is 19.8. The molecule has 31 heavy (non-hydrogen) atoms. The van der Waals surface area contributed by atoms with E-state index in [9.17, 15) is 0 Å². The number of guanidine groups is 1.